The van der Waals surface area contributed by atoms with E-state index in [1.165, 1.54) is 32.1 Å². The van der Waals surface area contributed by atoms with E-state index in [1.54, 1.807) is 7.11 Å². The van der Waals surface area contributed by atoms with Gasteiger partial charge in [-0.05, 0) is 81.8 Å². The second-order valence-corrected chi connectivity index (χ2v) is 10.9. The fraction of sp³-hybridized carbons (Fsp3) is 0.467. The molecule has 6 nitrogen and oxygen atoms in total. The average molecular weight is 491 g/mol. The smallest absolute Gasteiger partial charge is 0.272 e. The SMILES string of the molecule is COc1ccc(C(N[C@@H](C)C2CCCCC2)c2cccc(Nc3c(OC(C)(C)C)c(=O)c3=O)c2)cc1. The van der Waals surface area contributed by atoms with E-state index in [9.17, 15) is 9.59 Å². The van der Waals surface area contributed by atoms with Gasteiger partial charge in [-0.3, -0.25) is 9.59 Å². The summed E-state index contributed by atoms with van der Waals surface area (Å²) in [5, 5.41) is 7.04. The fourth-order valence-corrected chi connectivity index (χ4v) is 5.04. The molecule has 4 rings (SSSR count). The van der Waals surface area contributed by atoms with E-state index in [1.807, 2.05) is 51.1 Å². The fourth-order valence-electron chi connectivity index (χ4n) is 5.04. The van der Waals surface area contributed by atoms with Gasteiger partial charge in [0, 0.05) is 11.7 Å². The van der Waals surface area contributed by atoms with Crippen molar-refractivity contribution in [3.8, 4) is 11.5 Å². The molecule has 6 heteroatoms. The number of nitrogens with one attached hydrogen (secondary N) is 2. The monoisotopic (exact) mass is 490 g/mol. The molecule has 3 aromatic carbocycles. The van der Waals surface area contributed by atoms with Crippen molar-refractivity contribution in [3.05, 3.63) is 80.1 Å². The zero-order valence-corrected chi connectivity index (χ0v) is 22.0. The second kappa shape index (κ2) is 10.9. The lowest BCUT2D eigenvalue weighted by Gasteiger charge is -2.32. The van der Waals surface area contributed by atoms with Gasteiger partial charge in [-0.2, -0.15) is 0 Å². The third-order valence-electron chi connectivity index (χ3n) is 7.00. The van der Waals surface area contributed by atoms with Gasteiger partial charge in [0.05, 0.1) is 13.2 Å². The van der Waals surface area contributed by atoms with Crippen LogP contribution in [-0.4, -0.2) is 18.8 Å². The van der Waals surface area contributed by atoms with Gasteiger partial charge in [-0.1, -0.05) is 43.5 Å². The molecule has 1 aliphatic rings. The van der Waals surface area contributed by atoms with E-state index < -0.39 is 16.5 Å². The van der Waals surface area contributed by atoms with Gasteiger partial charge >= 0.3 is 0 Å². The van der Waals surface area contributed by atoms with Crippen molar-refractivity contribution in [2.24, 2.45) is 5.92 Å². The molecular weight excluding hydrogens is 452 g/mol. The van der Waals surface area contributed by atoms with Crippen LogP contribution in [0.25, 0.3) is 0 Å². The van der Waals surface area contributed by atoms with Crippen molar-refractivity contribution >= 4 is 11.4 Å². The molecule has 1 aliphatic carbocycles. The first-order valence-electron chi connectivity index (χ1n) is 13.0. The highest BCUT2D eigenvalue weighted by molar-refractivity contribution is 5.70. The summed E-state index contributed by atoms with van der Waals surface area (Å²) in [5.74, 6) is 1.58. The molecule has 0 aliphatic heterocycles. The first kappa shape index (κ1) is 26.0. The molecule has 0 radical (unpaired) electrons. The molecule has 2 N–H and O–H groups in total. The summed E-state index contributed by atoms with van der Waals surface area (Å²) >= 11 is 0. The van der Waals surface area contributed by atoms with Crippen molar-refractivity contribution in [2.75, 3.05) is 12.4 Å². The summed E-state index contributed by atoms with van der Waals surface area (Å²) in [6.07, 6.45) is 6.43. The van der Waals surface area contributed by atoms with E-state index in [4.69, 9.17) is 9.47 Å². The Morgan fingerprint density at radius 2 is 1.61 bits per heavy atom. The molecule has 192 valence electrons. The van der Waals surface area contributed by atoms with Crippen molar-refractivity contribution in [1.82, 2.24) is 5.32 Å². The number of ether oxygens (including phenoxy) is 2. The average Bonchev–Trinajstić information content (AvgIpc) is 2.89. The Balaban J connectivity index is 1.62. The lowest BCUT2D eigenvalue weighted by molar-refractivity contribution is 0.128. The second-order valence-electron chi connectivity index (χ2n) is 10.9. The van der Waals surface area contributed by atoms with Crippen LogP contribution in [0.2, 0.25) is 0 Å². The third-order valence-corrected chi connectivity index (χ3v) is 7.00. The molecule has 0 amide bonds. The largest absolute Gasteiger partial charge is 0.497 e. The summed E-state index contributed by atoms with van der Waals surface area (Å²) in [6.45, 7) is 7.85. The Morgan fingerprint density at radius 1 is 0.917 bits per heavy atom. The van der Waals surface area contributed by atoms with Gasteiger partial charge in [-0.25, -0.2) is 0 Å². The van der Waals surface area contributed by atoms with Gasteiger partial charge in [0.25, 0.3) is 10.9 Å². The van der Waals surface area contributed by atoms with Gasteiger partial charge in [-0.15, -0.1) is 0 Å². The molecule has 0 heterocycles. The Morgan fingerprint density at radius 3 is 2.25 bits per heavy atom. The van der Waals surface area contributed by atoms with Crippen LogP contribution in [0.4, 0.5) is 11.4 Å². The van der Waals surface area contributed by atoms with Crippen molar-refractivity contribution in [3.63, 3.8) is 0 Å². The first-order valence-corrected chi connectivity index (χ1v) is 13.0. The zero-order chi connectivity index (χ0) is 25.9. The molecule has 1 fully saturated rings. The maximum Gasteiger partial charge on any atom is 0.272 e. The molecule has 0 saturated heterocycles. The van der Waals surface area contributed by atoms with E-state index in [0.717, 1.165) is 22.6 Å². The standard InChI is InChI=1S/C30H38N2O4/c1-19(20-10-7-6-8-11-20)31-25(21-14-16-24(35-5)17-15-21)22-12-9-13-23(18-22)32-26-27(33)28(34)29(26)36-30(2,3)4/h9,12-20,25,31-32H,6-8,10-11H2,1-5H3/t19-,25?/m0/s1. The molecule has 1 unspecified atom stereocenters. The van der Waals surface area contributed by atoms with Gasteiger partial charge < -0.3 is 20.1 Å². The molecule has 1 saturated carbocycles. The highest BCUT2D eigenvalue weighted by atomic mass is 16.5. The number of rotatable bonds is 9. The molecule has 0 bridgehead atoms. The number of hydrogen-bond donors (Lipinski definition) is 2. The Kier molecular flexibility index (Phi) is 7.84. The summed E-state index contributed by atoms with van der Waals surface area (Å²) in [7, 11) is 1.67. The summed E-state index contributed by atoms with van der Waals surface area (Å²) in [4.78, 5) is 24.4. The van der Waals surface area contributed by atoms with Crippen LogP contribution < -0.4 is 31.0 Å². The van der Waals surface area contributed by atoms with Gasteiger partial charge in [0.1, 0.15) is 17.0 Å². The van der Waals surface area contributed by atoms with Crippen molar-refractivity contribution in [2.45, 2.75) is 77.5 Å². The zero-order valence-electron chi connectivity index (χ0n) is 22.0. The predicted octanol–water partition coefficient (Wildman–Crippen LogP) is 5.86. The van der Waals surface area contributed by atoms with E-state index in [0.29, 0.717) is 12.0 Å². The molecule has 2 atom stereocenters. The molecule has 0 aromatic heterocycles. The highest BCUT2D eigenvalue weighted by Gasteiger charge is 2.28. The Hall–Kier alpha value is -3.12. The van der Waals surface area contributed by atoms with Crippen LogP contribution in [0.3, 0.4) is 0 Å². The van der Waals surface area contributed by atoms with Crippen LogP contribution in [0.5, 0.6) is 11.5 Å². The normalized spacial score (nSPS) is 16.5. The van der Waals surface area contributed by atoms with Crippen LogP contribution in [0, 0.1) is 5.92 Å². The summed E-state index contributed by atoms with van der Waals surface area (Å²) < 4.78 is 11.1. The quantitative estimate of drug-likeness (QED) is 0.366. The predicted molar refractivity (Wildman–Crippen MR) is 145 cm³/mol. The minimum atomic E-state index is -0.581. The Bertz CT molecular complexity index is 1230. The number of hydrogen-bond acceptors (Lipinski definition) is 6. The van der Waals surface area contributed by atoms with Gasteiger partial charge in [0.2, 0.25) is 0 Å². The van der Waals surface area contributed by atoms with Crippen LogP contribution in [0.1, 0.15) is 77.0 Å². The number of anilines is 2. The molecule has 3 aromatic rings. The lowest BCUT2D eigenvalue weighted by atomic mass is 9.83. The first-order chi connectivity index (χ1) is 17.2. The summed E-state index contributed by atoms with van der Waals surface area (Å²) in [5.41, 5.74) is 1.48. The van der Waals surface area contributed by atoms with Crippen molar-refractivity contribution in [1.29, 1.82) is 0 Å². The highest BCUT2D eigenvalue weighted by Crippen LogP contribution is 2.32. The van der Waals surface area contributed by atoms with E-state index in [-0.39, 0.29) is 17.5 Å². The van der Waals surface area contributed by atoms with Crippen LogP contribution >= 0.6 is 0 Å². The lowest BCUT2D eigenvalue weighted by Crippen LogP contribution is -2.39. The van der Waals surface area contributed by atoms with Gasteiger partial charge in [0.15, 0.2) is 5.75 Å². The van der Waals surface area contributed by atoms with E-state index >= 15 is 0 Å². The maximum atomic E-state index is 12.3. The molecule has 0 spiro atoms. The minimum absolute atomic E-state index is 0.0346. The molecular formula is C30H38N2O4. The number of benzene rings is 2. The topological polar surface area (TPSA) is 76.7 Å². The molecule has 36 heavy (non-hydrogen) atoms. The third kappa shape index (κ3) is 5.98. The summed E-state index contributed by atoms with van der Waals surface area (Å²) in [6, 6.07) is 16.5. The van der Waals surface area contributed by atoms with Crippen LogP contribution in [0.15, 0.2) is 58.1 Å². The Labute approximate surface area is 213 Å². The van der Waals surface area contributed by atoms with Crippen LogP contribution in [-0.2, 0) is 0 Å². The minimum Gasteiger partial charge on any atom is -0.497 e. The maximum absolute atomic E-state index is 12.3. The number of methoxy groups -OCH3 is 1. The van der Waals surface area contributed by atoms with Crippen molar-refractivity contribution < 1.29 is 9.47 Å². The van der Waals surface area contributed by atoms with E-state index in [2.05, 4.69) is 35.8 Å².